The highest BCUT2D eigenvalue weighted by molar-refractivity contribution is 6.29. The van der Waals surface area contributed by atoms with E-state index in [1.165, 1.54) is 0 Å². The summed E-state index contributed by atoms with van der Waals surface area (Å²) in [4.78, 5) is 12.3. The Balaban J connectivity index is 2.05. The lowest BCUT2D eigenvalue weighted by molar-refractivity contribution is 0.686. The molecule has 0 aromatic carbocycles. The number of halogens is 1. The standard InChI is InChI=1S/C12H12ClN5O/c1-8-5-10-12(19)17(3-4-18(10)14-8)7-9-6-11(13)16(2)15-9/h3-6H,7H2,1-2H3. The van der Waals surface area contributed by atoms with E-state index < -0.39 is 0 Å². The summed E-state index contributed by atoms with van der Waals surface area (Å²) < 4.78 is 4.75. The van der Waals surface area contributed by atoms with Crippen molar-refractivity contribution in [1.82, 2.24) is 24.0 Å². The molecule has 0 saturated heterocycles. The molecule has 0 atom stereocenters. The average molecular weight is 278 g/mol. The molecule has 0 amide bonds. The Bertz CT molecular complexity index is 794. The Morgan fingerprint density at radius 2 is 2.05 bits per heavy atom. The molecule has 0 aliphatic rings. The average Bonchev–Trinajstić information content (AvgIpc) is 2.87. The molecule has 3 rings (SSSR count). The molecule has 0 N–H and O–H groups in total. The smallest absolute Gasteiger partial charge is 0.276 e. The molecule has 3 heterocycles. The van der Waals surface area contributed by atoms with Crippen molar-refractivity contribution < 1.29 is 0 Å². The minimum absolute atomic E-state index is 0.0927. The minimum Gasteiger partial charge on any atom is -0.306 e. The van der Waals surface area contributed by atoms with Crippen molar-refractivity contribution in [3.05, 3.63) is 51.4 Å². The normalized spacial score (nSPS) is 11.3. The molecule has 3 aromatic heterocycles. The Morgan fingerprint density at radius 3 is 2.74 bits per heavy atom. The van der Waals surface area contributed by atoms with Crippen LogP contribution < -0.4 is 5.56 Å². The van der Waals surface area contributed by atoms with Crippen molar-refractivity contribution in [2.75, 3.05) is 0 Å². The van der Waals surface area contributed by atoms with E-state index in [0.717, 1.165) is 11.4 Å². The van der Waals surface area contributed by atoms with Crippen LogP contribution in [0.3, 0.4) is 0 Å². The van der Waals surface area contributed by atoms with E-state index in [2.05, 4.69) is 10.2 Å². The predicted octanol–water partition coefficient (Wildman–Crippen LogP) is 1.24. The van der Waals surface area contributed by atoms with Crippen molar-refractivity contribution in [2.24, 2.45) is 7.05 Å². The molecular weight excluding hydrogens is 266 g/mol. The monoisotopic (exact) mass is 277 g/mol. The fraction of sp³-hybridized carbons (Fsp3) is 0.250. The molecule has 0 saturated carbocycles. The third-order valence-electron chi connectivity index (χ3n) is 2.93. The molecule has 6 nitrogen and oxygen atoms in total. The van der Waals surface area contributed by atoms with Crippen LogP contribution in [-0.2, 0) is 13.6 Å². The van der Waals surface area contributed by atoms with Crippen molar-refractivity contribution in [3.63, 3.8) is 0 Å². The first kappa shape index (κ1) is 12.0. The lowest BCUT2D eigenvalue weighted by Crippen LogP contribution is -2.22. The summed E-state index contributed by atoms with van der Waals surface area (Å²) in [6.45, 7) is 2.25. The van der Waals surface area contributed by atoms with Gasteiger partial charge in [-0.05, 0) is 13.0 Å². The largest absolute Gasteiger partial charge is 0.306 e. The van der Waals surface area contributed by atoms with Crippen molar-refractivity contribution in [2.45, 2.75) is 13.5 Å². The topological polar surface area (TPSA) is 57.1 Å². The molecule has 0 unspecified atom stereocenters. The van der Waals surface area contributed by atoms with Gasteiger partial charge in [0.1, 0.15) is 10.7 Å². The highest BCUT2D eigenvalue weighted by Gasteiger charge is 2.08. The van der Waals surface area contributed by atoms with Gasteiger partial charge in [-0.1, -0.05) is 11.6 Å². The maximum Gasteiger partial charge on any atom is 0.276 e. The van der Waals surface area contributed by atoms with E-state index in [0.29, 0.717) is 17.2 Å². The number of aryl methyl sites for hydroxylation is 2. The zero-order valence-corrected chi connectivity index (χ0v) is 11.3. The van der Waals surface area contributed by atoms with Crippen LogP contribution in [0.1, 0.15) is 11.4 Å². The zero-order valence-electron chi connectivity index (χ0n) is 10.5. The van der Waals surface area contributed by atoms with E-state index in [4.69, 9.17) is 11.6 Å². The van der Waals surface area contributed by atoms with Crippen molar-refractivity contribution >= 4 is 17.1 Å². The number of fused-ring (bicyclic) bond motifs is 1. The van der Waals surface area contributed by atoms with Gasteiger partial charge in [0.25, 0.3) is 5.56 Å². The van der Waals surface area contributed by atoms with E-state index in [1.54, 1.807) is 45.3 Å². The second kappa shape index (κ2) is 4.24. The van der Waals surface area contributed by atoms with Gasteiger partial charge in [0.15, 0.2) is 0 Å². The number of rotatable bonds is 2. The third kappa shape index (κ3) is 2.04. The van der Waals surface area contributed by atoms with Gasteiger partial charge < -0.3 is 4.57 Å². The number of nitrogens with zero attached hydrogens (tertiary/aromatic N) is 5. The van der Waals surface area contributed by atoms with Crippen molar-refractivity contribution in [1.29, 1.82) is 0 Å². The van der Waals surface area contributed by atoms with Crippen LogP contribution in [0.25, 0.3) is 5.52 Å². The minimum atomic E-state index is -0.0927. The predicted molar refractivity (Wildman–Crippen MR) is 71.5 cm³/mol. The lowest BCUT2D eigenvalue weighted by Gasteiger charge is -2.03. The van der Waals surface area contributed by atoms with Crippen LogP contribution >= 0.6 is 11.6 Å². The maximum absolute atomic E-state index is 12.3. The maximum atomic E-state index is 12.3. The highest BCUT2D eigenvalue weighted by atomic mass is 35.5. The second-order valence-electron chi connectivity index (χ2n) is 4.43. The summed E-state index contributed by atoms with van der Waals surface area (Å²) in [6.07, 6.45) is 3.46. The van der Waals surface area contributed by atoms with Gasteiger partial charge in [-0.25, -0.2) is 4.52 Å². The van der Waals surface area contributed by atoms with Crippen LogP contribution in [-0.4, -0.2) is 24.0 Å². The van der Waals surface area contributed by atoms with Gasteiger partial charge in [-0.3, -0.25) is 9.48 Å². The van der Waals surface area contributed by atoms with Crippen molar-refractivity contribution in [3.8, 4) is 0 Å². The Morgan fingerprint density at radius 1 is 1.26 bits per heavy atom. The molecule has 98 valence electrons. The fourth-order valence-electron chi connectivity index (χ4n) is 2.02. The SMILES string of the molecule is Cc1cc2c(=O)n(Cc3cc(Cl)n(C)n3)ccn2n1. The molecule has 3 aromatic rings. The van der Waals surface area contributed by atoms with E-state index >= 15 is 0 Å². The molecule has 0 aliphatic heterocycles. The lowest BCUT2D eigenvalue weighted by atomic mass is 10.4. The summed E-state index contributed by atoms with van der Waals surface area (Å²) in [6, 6.07) is 3.52. The van der Waals surface area contributed by atoms with E-state index in [1.807, 2.05) is 6.92 Å². The summed E-state index contributed by atoms with van der Waals surface area (Å²) in [5.74, 6) is 0. The molecule has 19 heavy (non-hydrogen) atoms. The number of aromatic nitrogens is 5. The Kier molecular flexibility index (Phi) is 2.67. The van der Waals surface area contributed by atoms with Crippen LogP contribution in [0, 0.1) is 6.92 Å². The molecular formula is C12H12ClN5O. The summed E-state index contributed by atoms with van der Waals surface area (Å²) >= 11 is 5.93. The third-order valence-corrected chi connectivity index (χ3v) is 3.29. The van der Waals surface area contributed by atoms with Crippen LogP contribution in [0.2, 0.25) is 5.15 Å². The van der Waals surface area contributed by atoms with Gasteiger partial charge >= 0.3 is 0 Å². The first-order valence-electron chi connectivity index (χ1n) is 5.78. The molecule has 0 radical (unpaired) electrons. The quantitative estimate of drug-likeness (QED) is 0.708. The first-order chi connectivity index (χ1) is 9.04. The van der Waals surface area contributed by atoms with Gasteiger partial charge in [0, 0.05) is 25.5 Å². The summed E-state index contributed by atoms with van der Waals surface area (Å²) in [7, 11) is 1.76. The number of hydrogen-bond donors (Lipinski definition) is 0. The molecule has 0 aliphatic carbocycles. The summed E-state index contributed by atoms with van der Waals surface area (Å²) in [5.41, 5.74) is 2.03. The molecule has 7 heteroatoms. The Labute approximate surface area is 113 Å². The van der Waals surface area contributed by atoms with Gasteiger partial charge in [-0.15, -0.1) is 0 Å². The second-order valence-corrected chi connectivity index (χ2v) is 4.82. The zero-order chi connectivity index (χ0) is 13.6. The fourth-order valence-corrected chi connectivity index (χ4v) is 2.19. The van der Waals surface area contributed by atoms with Crippen LogP contribution in [0.5, 0.6) is 0 Å². The Hall–Kier alpha value is -2.08. The van der Waals surface area contributed by atoms with Gasteiger partial charge in [0.05, 0.1) is 17.9 Å². The molecule has 0 spiro atoms. The highest BCUT2D eigenvalue weighted by Crippen LogP contribution is 2.10. The molecule has 0 fully saturated rings. The first-order valence-corrected chi connectivity index (χ1v) is 6.16. The van der Waals surface area contributed by atoms with Gasteiger partial charge in [0.2, 0.25) is 0 Å². The van der Waals surface area contributed by atoms with E-state index in [-0.39, 0.29) is 5.56 Å². The van der Waals surface area contributed by atoms with E-state index in [9.17, 15) is 4.79 Å². The molecule has 0 bridgehead atoms. The summed E-state index contributed by atoms with van der Waals surface area (Å²) in [5, 5.41) is 8.98. The van der Waals surface area contributed by atoms with Crippen LogP contribution in [0.15, 0.2) is 29.3 Å². The van der Waals surface area contributed by atoms with Gasteiger partial charge in [-0.2, -0.15) is 10.2 Å². The number of hydrogen-bond acceptors (Lipinski definition) is 3. The van der Waals surface area contributed by atoms with Crippen LogP contribution in [0.4, 0.5) is 0 Å².